The highest BCUT2D eigenvalue weighted by Crippen LogP contribution is 2.28. The zero-order chi connectivity index (χ0) is 79.3. The van der Waals surface area contributed by atoms with Crippen molar-refractivity contribution in [3.05, 3.63) is 127 Å². The molecule has 11 amide bonds. The fourth-order valence-corrected chi connectivity index (χ4v) is 14.3. The van der Waals surface area contributed by atoms with E-state index in [0.29, 0.717) is 41.9 Å². The Morgan fingerprint density at radius 2 is 0.964 bits per heavy atom. The van der Waals surface area contributed by atoms with Gasteiger partial charge in [-0.1, -0.05) is 90.1 Å². The summed E-state index contributed by atoms with van der Waals surface area (Å²) >= 11 is 0. The van der Waals surface area contributed by atoms with Crippen molar-refractivity contribution >= 4 is 87.8 Å². The van der Waals surface area contributed by atoms with Crippen LogP contribution in [0.15, 0.2) is 103 Å². The Bertz CT molecular complexity index is 4160. The molecule has 12 atom stereocenters. The summed E-state index contributed by atoms with van der Waals surface area (Å²) in [5.74, 6) is -10.5. The number of carbonyl (C=O) groups is 12. The molecule has 4 aromatic heterocycles. The number of aliphatic imine (C=N–C) groups is 1. The van der Waals surface area contributed by atoms with E-state index in [1.807, 2.05) is 24.3 Å². The minimum absolute atomic E-state index is 0.000506. The fraction of sp³-hybridized carbons (Fsp3) is 0.520. The number of aromatic nitrogens is 7. The first-order chi connectivity index (χ1) is 52.6. The maximum Gasteiger partial charge on any atom is 0.326 e. The van der Waals surface area contributed by atoms with E-state index in [2.05, 4.69) is 82.4 Å². The zero-order valence-electron chi connectivity index (χ0n) is 62.8. The SMILES string of the molecule is CC(C)C[C@H](NC(=O)[C@H](Cc1cnc[nH]1)NC(=O)[C@H](Cc1cnc[nH]1)NC(=O)[C@H](Cc1ccccc1)NC(=O)[C@H](Cc1cnc[nH]1)NC(=O)[C@@H]1CCCN1C(=O)[C@@H](N)Cc1c[nH]c2ccccc12)C(=O)N[C@@H](CCCN=C(N)N)C(=O)N[C@H](C(=O)N1CCC[C@H]1C(=O)N1CCC[C@H]1C(=O)N[C@H](C(=O)O)C(C)C)C(C)C. The van der Waals surface area contributed by atoms with Gasteiger partial charge >= 0.3 is 5.97 Å². The van der Waals surface area contributed by atoms with Gasteiger partial charge in [0.05, 0.1) is 25.0 Å². The second kappa shape index (κ2) is 39.0. The Balaban J connectivity index is 0.910. The first-order valence-corrected chi connectivity index (χ1v) is 37.5. The Hall–Kier alpha value is -11.5. The van der Waals surface area contributed by atoms with Crippen LogP contribution in [0.25, 0.3) is 10.9 Å². The van der Waals surface area contributed by atoms with Crippen LogP contribution in [0.3, 0.4) is 0 Å². The van der Waals surface area contributed by atoms with E-state index in [1.165, 1.54) is 52.3 Å². The number of hydrogen-bond acceptors (Lipinski definition) is 17. The summed E-state index contributed by atoms with van der Waals surface area (Å²) in [7, 11) is 0. The number of benzene rings is 2. The van der Waals surface area contributed by atoms with Gasteiger partial charge < -0.3 is 99.5 Å². The predicted molar refractivity (Wildman–Crippen MR) is 403 cm³/mol. The molecule has 2 aromatic carbocycles. The van der Waals surface area contributed by atoms with Gasteiger partial charge in [0.2, 0.25) is 65.0 Å². The van der Waals surface area contributed by atoms with E-state index >= 15 is 14.4 Å². The van der Waals surface area contributed by atoms with E-state index in [-0.39, 0.29) is 109 Å². The van der Waals surface area contributed by atoms with Gasteiger partial charge in [-0.15, -0.1) is 0 Å². The monoisotopic (exact) mass is 1520 g/mol. The average molecular weight is 1520 g/mol. The summed E-state index contributed by atoms with van der Waals surface area (Å²) in [5, 5.41) is 33.0. The Labute approximate surface area is 636 Å². The van der Waals surface area contributed by atoms with Crippen molar-refractivity contribution in [3.63, 3.8) is 0 Å². The summed E-state index contributed by atoms with van der Waals surface area (Å²) in [4.78, 5) is 206. The van der Waals surface area contributed by atoms with Crippen LogP contribution < -0.4 is 59.7 Å². The van der Waals surface area contributed by atoms with Gasteiger partial charge in [0.15, 0.2) is 5.96 Å². The Kier molecular flexibility index (Phi) is 29.3. The number of amides is 11. The molecule has 0 bridgehead atoms. The van der Waals surface area contributed by atoms with Gasteiger partial charge in [-0.2, -0.15) is 0 Å². The molecule has 0 saturated carbocycles. The molecule has 0 radical (unpaired) electrons. The number of nitrogens with one attached hydrogen (secondary N) is 12. The lowest BCUT2D eigenvalue weighted by Gasteiger charge is -2.34. The highest BCUT2D eigenvalue weighted by atomic mass is 16.4. The summed E-state index contributed by atoms with van der Waals surface area (Å²) in [6.45, 7) is 10.9. The van der Waals surface area contributed by atoms with Crippen LogP contribution in [0.5, 0.6) is 0 Å². The van der Waals surface area contributed by atoms with Gasteiger partial charge in [0, 0.05) is 105 Å². The number of carboxylic acids is 1. The van der Waals surface area contributed by atoms with Gasteiger partial charge in [0.1, 0.15) is 66.5 Å². The standard InChI is InChI=1S/C75H104N22O13/c1-41(2)28-53(64(99)87-52(20-12-24-82-75(77)78)63(98)93-61(42(3)4)73(108)97-27-15-23-60(97)72(107)96-26-14-22-59(96)70(105)94-62(43(5)6)74(109)110)88-66(101)55(31-46-35-79-38-84-46)91-67(102)56(32-47-36-80-39-85-47)90-65(100)54(29-44-16-8-7-9-17-44)89-68(103)57(33-48-37-81-40-86-48)92-69(104)58-21-13-25-95(58)71(106)50(76)30-45-34-83-51-19-11-10-18-49(45)51/h7-11,16-19,34-43,50,52-62,83H,12-15,20-33,76H2,1-6H3,(H,79,84)(H,80,85)(H,81,86)(H,87,99)(H,88,101)(H,89,103)(H,90,100)(H,91,102)(H,92,104)(H,93,98)(H,94,105)(H,109,110)(H4,77,78,82)/t50-,52-,53-,54-,55-,56-,57-,58-,59-,60-,61-,62-/m0/s1. The third kappa shape index (κ3) is 22.3. The van der Waals surface area contributed by atoms with Crippen LogP contribution >= 0.6 is 0 Å². The number of nitrogens with zero attached hydrogens (tertiary/aromatic N) is 7. The van der Waals surface area contributed by atoms with E-state index in [9.17, 15) is 48.3 Å². The molecule has 19 N–H and O–H groups in total. The molecule has 0 spiro atoms. The van der Waals surface area contributed by atoms with E-state index in [1.54, 1.807) is 78.1 Å². The molecule has 0 unspecified atom stereocenters. The van der Waals surface area contributed by atoms with Crippen LogP contribution in [0, 0.1) is 17.8 Å². The van der Waals surface area contributed by atoms with E-state index < -0.39 is 155 Å². The fourth-order valence-electron chi connectivity index (χ4n) is 14.3. The molecule has 3 fully saturated rings. The molecule has 35 nitrogen and oxygen atoms in total. The molecule has 0 aliphatic carbocycles. The Morgan fingerprint density at radius 1 is 0.509 bits per heavy atom. The first-order valence-electron chi connectivity index (χ1n) is 37.5. The third-order valence-corrected chi connectivity index (χ3v) is 20.1. The van der Waals surface area contributed by atoms with Crippen molar-refractivity contribution in [2.75, 3.05) is 26.2 Å². The van der Waals surface area contributed by atoms with Crippen LogP contribution in [0.4, 0.5) is 0 Å². The van der Waals surface area contributed by atoms with Crippen LogP contribution in [-0.4, -0.2) is 230 Å². The molecule has 3 aliphatic heterocycles. The van der Waals surface area contributed by atoms with Gasteiger partial charge in [-0.3, -0.25) is 57.7 Å². The van der Waals surface area contributed by atoms with Crippen molar-refractivity contribution in [1.29, 1.82) is 0 Å². The largest absolute Gasteiger partial charge is 0.480 e. The lowest BCUT2D eigenvalue weighted by Crippen LogP contribution is -2.61. The number of fused-ring (bicyclic) bond motifs is 1. The maximum atomic E-state index is 15.1. The molecule has 9 rings (SSSR count). The summed E-state index contributed by atoms with van der Waals surface area (Å²) in [6.07, 6.45) is 12.0. The van der Waals surface area contributed by atoms with Gasteiger partial charge in [-0.25, -0.2) is 19.7 Å². The molecule has 7 heterocycles. The number of rotatable bonds is 38. The predicted octanol–water partition coefficient (Wildman–Crippen LogP) is -0.475. The molecule has 3 saturated heterocycles. The lowest BCUT2D eigenvalue weighted by molar-refractivity contribution is -0.149. The molecule has 592 valence electrons. The number of H-pyrrole nitrogens is 4. The van der Waals surface area contributed by atoms with Gasteiger partial charge in [0.25, 0.3) is 0 Å². The summed E-state index contributed by atoms with van der Waals surface area (Å²) in [6, 6.07) is 1.43. The first kappa shape index (κ1) is 82.5. The lowest BCUT2D eigenvalue weighted by atomic mass is 9.99. The zero-order valence-corrected chi connectivity index (χ0v) is 62.8. The minimum Gasteiger partial charge on any atom is -0.480 e. The van der Waals surface area contributed by atoms with Gasteiger partial charge in [-0.05, 0) is 99.2 Å². The number of guanidine groups is 1. The molecular formula is C75H104N22O13. The number of nitrogens with two attached hydrogens (primary N) is 3. The van der Waals surface area contributed by atoms with Crippen molar-refractivity contribution < 1.29 is 62.6 Å². The average Bonchev–Trinajstić information content (AvgIpc) is 1.63. The number of carbonyl (C=O) groups excluding carboxylic acids is 11. The maximum absolute atomic E-state index is 15.1. The number of para-hydroxylation sites is 1. The van der Waals surface area contributed by atoms with Crippen LogP contribution in [0.2, 0.25) is 0 Å². The second-order valence-corrected chi connectivity index (χ2v) is 29.5. The molecular weight excluding hydrogens is 1420 g/mol. The second-order valence-electron chi connectivity index (χ2n) is 29.5. The Morgan fingerprint density at radius 3 is 1.48 bits per heavy atom. The number of imidazole rings is 3. The van der Waals surface area contributed by atoms with Crippen LogP contribution in [-0.2, 0) is 89.6 Å². The van der Waals surface area contributed by atoms with Crippen molar-refractivity contribution in [3.8, 4) is 0 Å². The van der Waals surface area contributed by atoms with Crippen molar-refractivity contribution in [2.24, 2.45) is 39.9 Å². The van der Waals surface area contributed by atoms with Crippen molar-refractivity contribution in [1.82, 2.24) is 92.1 Å². The summed E-state index contributed by atoms with van der Waals surface area (Å²) in [5.41, 5.74) is 21.4. The van der Waals surface area contributed by atoms with E-state index in [4.69, 9.17) is 17.2 Å². The molecule has 35 heteroatoms. The number of hydrogen-bond donors (Lipinski definition) is 16. The normalized spacial score (nSPS) is 18.1. The van der Waals surface area contributed by atoms with E-state index in [0.717, 1.165) is 16.5 Å². The molecule has 110 heavy (non-hydrogen) atoms. The number of aromatic amines is 4. The highest BCUT2D eigenvalue weighted by Gasteiger charge is 2.46. The number of likely N-dealkylation sites (tertiary alicyclic amines) is 3. The quantitative estimate of drug-likeness (QED) is 0.0132. The molecule has 3 aliphatic rings. The topological polar surface area (TPSA) is 523 Å². The number of carboxylic acid groups (broad SMARTS) is 1. The smallest absolute Gasteiger partial charge is 0.326 e. The van der Waals surface area contributed by atoms with Crippen LogP contribution in [0.1, 0.15) is 128 Å². The third-order valence-electron chi connectivity index (χ3n) is 20.1. The summed E-state index contributed by atoms with van der Waals surface area (Å²) < 4.78 is 0. The number of aliphatic carboxylic acids is 1. The minimum atomic E-state index is -1.50. The van der Waals surface area contributed by atoms with Crippen molar-refractivity contribution in [2.45, 2.75) is 204 Å². The highest BCUT2D eigenvalue weighted by molar-refractivity contribution is 6.00. The molecule has 6 aromatic rings.